The summed E-state index contributed by atoms with van der Waals surface area (Å²) in [5, 5.41) is 6.68. The standard InChI is InChI=1S/C30H28N2O2/c1-34-26-18-15-24(16-19-26)30(33)32-29(20-17-25(31-32)21-22-9-4-2-5-10-22)28-14-8-12-23-11-6-3-7-13-27(23)28/h2-12,14-16,18-19,29H,13,17,20-21H2,1H3. The average molecular weight is 449 g/mol. The van der Waals surface area contributed by atoms with Gasteiger partial charge in [-0.3, -0.25) is 4.79 Å². The smallest absolute Gasteiger partial charge is 0.274 e. The van der Waals surface area contributed by atoms with E-state index in [0.717, 1.165) is 37.1 Å². The molecule has 1 heterocycles. The summed E-state index contributed by atoms with van der Waals surface area (Å²) < 4.78 is 5.28. The Labute approximate surface area is 200 Å². The zero-order chi connectivity index (χ0) is 23.3. The first kappa shape index (κ1) is 21.9. The van der Waals surface area contributed by atoms with Crippen LogP contribution in [0, 0.1) is 0 Å². The second kappa shape index (κ2) is 9.92. The van der Waals surface area contributed by atoms with Crippen LogP contribution in [0.15, 0.2) is 96.1 Å². The minimum absolute atomic E-state index is 0.0878. The van der Waals surface area contributed by atoms with Gasteiger partial charge in [0, 0.05) is 17.7 Å². The van der Waals surface area contributed by atoms with Crippen molar-refractivity contribution in [3.8, 4) is 5.75 Å². The Morgan fingerprint density at radius 2 is 1.82 bits per heavy atom. The van der Waals surface area contributed by atoms with Gasteiger partial charge in [0.15, 0.2) is 0 Å². The maximum Gasteiger partial charge on any atom is 0.274 e. The summed E-state index contributed by atoms with van der Waals surface area (Å²) in [5.41, 5.74) is 6.51. The lowest BCUT2D eigenvalue weighted by molar-refractivity contribution is 0.0658. The van der Waals surface area contributed by atoms with Gasteiger partial charge in [-0.25, -0.2) is 5.01 Å². The lowest BCUT2D eigenvalue weighted by Gasteiger charge is -2.34. The predicted octanol–water partition coefficient (Wildman–Crippen LogP) is 6.40. The largest absolute Gasteiger partial charge is 0.497 e. The maximum absolute atomic E-state index is 13.8. The molecule has 1 aliphatic heterocycles. The highest BCUT2D eigenvalue weighted by Crippen LogP contribution is 2.36. The number of amides is 1. The Hall–Kier alpha value is -3.92. The molecule has 34 heavy (non-hydrogen) atoms. The summed E-state index contributed by atoms with van der Waals surface area (Å²) in [6.45, 7) is 0. The van der Waals surface area contributed by atoms with E-state index in [0.29, 0.717) is 5.56 Å². The molecule has 0 saturated heterocycles. The number of carbonyl (C=O) groups excluding carboxylic acids is 1. The number of fused-ring (bicyclic) bond motifs is 1. The monoisotopic (exact) mass is 448 g/mol. The van der Waals surface area contributed by atoms with Gasteiger partial charge in [0.2, 0.25) is 0 Å². The highest BCUT2D eigenvalue weighted by molar-refractivity contribution is 5.97. The van der Waals surface area contributed by atoms with Crippen molar-refractivity contribution in [3.05, 3.63) is 119 Å². The van der Waals surface area contributed by atoms with Crippen LogP contribution in [0.1, 0.15) is 51.5 Å². The highest BCUT2D eigenvalue weighted by atomic mass is 16.5. The summed E-state index contributed by atoms with van der Waals surface area (Å²) in [5.74, 6) is 0.641. The number of benzene rings is 3. The van der Waals surface area contributed by atoms with Gasteiger partial charge < -0.3 is 4.74 Å². The van der Waals surface area contributed by atoms with Crippen LogP contribution >= 0.6 is 0 Å². The van der Waals surface area contributed by atoms with E-state index in [1.807, 2.05) is 42.5 Å². The molecule has 4 nitrogen and oxygen atoms in total. The SMILES string of the molecule is COc1ccc(C(=O)N2N=C(Cc3ccccc3)CCC2c2cccc3c2CC=CC=C3)cc1. The van der Waals surface area contributed by atoms with E-state index in [1.54, 1.807) is 12.1 Å². The van der Waals surface area contributed by atoms with E-state index in [2.05, 4.69) is 54.6 Å². The molecule has 1 unspecified atom stereocenters. The minimum atomic E-state index is -0.107. The van der Waals surface area contributed by atoms with Crippen molar-refractivity contribution in [3.63, 3.8) is 0 Å². The molecule has 2 aliphatic rings. The van der Waals surface area contributed by atoms with E-state index in [4.69, 9.17) is 9.84 Å². The third-order valence-corrected chi connectivity index (χ3v) is 6.50. The molecule has 1 atom stereocenters. The Morgan fingerprint density at radius 3 is 2.62 bits per heavy atom. The number of allylic oxidation sites excluding steroid dienone is 3. The third-order valence-electron chi connectivity index (χ3n) is 6.50. The van der Waals surface area contributed by atoms with Gasteiger partial charge in [0.05, 0.1) is 13.2 Å². The fourth-order valence-corrected chi connectivity index (χ4v) is 4.74. The van der Waals surface area contributed by atoms with E-state index in [-0.39, 0.29) is 11.9 Å². The number of ether oxygens (including phenoxy) is 1. The van der Waals surface area contributed by atoms with Gasteiger partial charge in [-0.15, -0.1) is 0 Å². The molecular formula is C30H28N2O2. The number of nitrogens with zero attached hydrogens (tertiary/aromatic N) is 2. The van der Waals surface area contributed by atoms with E-state index in [1.165, 1.54) is 22.3 Å². The number of methoxy groups -OCH3 is 1. The molecule has 3 aromatic carbocycles. The van der Waals surface area contributed by atoms with Crippen LogP contribution in [-0.2, 0) is 12.8 Å². The summed E-state index contributed by atoms with van der Waals surface area (Å²) in [6.07, 6.45) is 11.8. The summed E-state index contributed by atoms with van der Waals surface area (Å²) in [6, 6.07) is 23.9. The normalized spacial score (nSPS) is 17.0. The Morgan fingerprint density at radius 1 is 1.00 bits per heavy atom. The summed E-state index contributed by atoms with van der Waals surface area (Å²) in [7, 11) is 1.63. The number of hydrazone groups is 1. The Bertz CT molecular complexity index is 1260. The molecule has 0 bridgehead atoms. The number of rotatable bonds is 5. The van der Waals surface area contributed by atoms with Crippen LogP contribution in [0.3, 0.4) is 0 Å². The molecule has 170 valence electrons. The van der Waals surface area contributed by atoms with Crippen LogP contribution in [0.4, 0.5) is 0 Å². The van der Waals surface area contributed by atoms with Crippen LogP contribution in [0.5, 0.6) is 5.75 Å². The zero-order valence-corrected chi connectivity index (χ0v) is 19.4. The average Bonchev–Trinajstić information content (AvgIpc) is 3.15. The van der Waals surface area contributed by atoms with E-state index in [9.17, 15) is 4.79 Å². The minimum Gasteiger partial charge on any atom is -0.497 e. The molecule has 1 aliphatic carbocycles. The molecule has 0 aromatic heterocycles. The fourth-order valence-electron chi connectivity index (χ4n) is 4.74. The molecule has 1 amide bonds. The lowest BCUT2D eigenvalue weighted by atomic mass is 9.89. The quantitative estimate of drug-likeness (QED) is 0.453. The fraction of sp³-hybridized carbons (Fsp3) is 0.200. The molecule has 0 fully saturated rings. The van der Waals surface area contributed by atoms with Crippen molar-refractivity contribution in [2.45, 2.75) is 31.7 Å². The predicted molar refractivity (Wildman–Crippen MR) is 137 cm³/mol. The second-order valence-corrected chi connectivity index (χ2v) is 8.67. The van der Waals surface area contributed by atoms with Gasteiger partial charge in [0.1, 0.15) is 5.75 Å². The molecule has 0 spiro atoms. The zero-order valence-electron chi connectivity index (χ0n) is 19.4. The molecule has 4 heteroatoms. The molecule has 3 aromatic rings. The van der Waals surface area contributed by atoms with Crippen LogP contribution < -0.4 is 4.74 Å². The molecule has 0 saturated carbocycles. The topological polar surface area (TPSA) is 41.9 Å². The van der Waals surface area contributed by atoms with Gasteiger partial charge in [-0.05, 0) is 65.8 Å². The van der Waals surface area contributed by atoms with E-state index >= 15 is 0 Å². The van der Waals surface area contributed by atoms with Crippen LogP contribution in [-0.4, -0.2) is 23.7 Å². The van der Waals surface area contributed by atoms with Gasteiger partial charge in [-0.2, -0.15) is 5.10 Å². The van der Waals surface area contributed by atoms with Crippen LogP contribution in [0.2, 0.25) is 0 Å². The van der Waals surface area contributed by atoms with Gasteiger partial charge >= 0.3 is 0 Å². The second-order valence-electron chi connectivity index (χ2n) is 8.67. The van der Waals surface area contributed by atoms with Crippen molar-refractivity contribution >= 4 is 17.7 Å². The van der Waals surface area contributed by atoms with Crippen LogP contribution in [0.25, 0.3) is 6.08 Å². The van der Waals surface area contributed by atoms with Gasteiger partial charge in [0.25, 0.3) is 5.91 Å². The third kappa shape index (κ3) is 4.58. The molecule has 5 rings (SSSR count). The van der Waals surface area contributed by atoms with E-state index < -0.39 is 0 Å². The van der Waals surface area contributed by atoms with Crippen molar-refractivity contribution < 1.29 is 9.53 Å². The lowest BCUT2D eigenvalue weighted by Crippen LogP contribution is -2.36. The molecule has 0 N–H and O–H groups in total. The Kier molecular flexibility index (Phi) is 6.39. The number of hydrogen-bond acceptors (Lipinski definition) is 3. The first-order valence-electron chi connectivity index (χ1n) is 11.8. The Balaban J connectivity index is 1.54. The van der Waals surface area contributed by atoms with Crippen molar-refractivity contribution in [2.75, 3.05) is 7.11 Å². The molecular weight excluding hydrogens is 420 g/mol. The number of carbonyl (C=O) groups is 1. The summed E-state index contributed by atoms with van der Waals surface area (Å²) in [4.78, 5) is 13.8. The molecule has 0 radical (unpaired) electrons. The maximum atomic E-state index is 13.8. The highest BCUT2D eigenvalue weighted by Gasteiger charge is 2.32. The first-order valence-corrected chi connectivity index (χ1v) is 11.8. The summed E-state index contributed by atoms with van der Waals surface area (Å²) >= 11 is 0. The number of hydrogen-bond donors (Lipinski definition) is 0. The van der Waals surface area contributed by atoms with Crippen molar-refractivity contribution in [1.82, 2.24) is 5.01 Å². The van der Waals surface area contributed by atoms with Crippen molar-refractivity contribution in [2.24, 2.45) is 5.10 Å². The van der Waals surface area contributed by atoms with Crippen molar-refractivity contribution in [1.29, 1.82) is 0 Å². The van der Waals surface area contributed by atoms with Gasteiger partial charge in [-0.1, -0.05) is 72.8 Å². The first-order chi connectivity index (χ1) is 16.7.